The van der Waals surface area contributed by atoms with E-state index < -0.39 is 23.0 Å². The number of carbonyl (C=O) groups is 1. The number of nitrogens with zero attached hydrogens (tertiary/aromatic N) is 1. The normalized spacial score (nSPS) is 15.8. The molecule has 1 aromatic heterocycles. The van der Waals surface area contributed by atoms with Gasteiger partial charge < -0.3 is 9.84 Å². The lowest BCUT2D eigenvalue weighted by Gasteiger charge is -2.05. The Morgan fingerprint density at radius 1 is 1.12 bits per heavy atom. The fourth-order valence-electron chi connectivity index (χ4n) is 2.35. The molecule has 7 nitrogen and oxygen atoms in total. The van der Waals surface area contributed by atoms with E-state index in [9.17, 15) is 19.5 Å². The van der Waals surface area contributed by atoms with Crippen molar-refractivity contribution in [3.63, 3.8) is 0 Å². The fourth-order valence-corrected chi connectivity index (χ4v) is 2.35. The van der Waals surface area contributed by atoms with Gasteiger partial charge in [-0.1, -0.05) is 30.3 Å². The van der Waals surface area contributed by atoms with Crippen LogP contribution in [0.4, 0.5) is 0 Å². The molecule has 0 bridgehead atoms. The van der Waals surface area contributed by atoms with Crippen molar-refractivity contribution in [1.29, 1.82) is 0 Å². The molecular weight excluding hydrogens is 312 g/mol. The first-order valence-electron chi connectivity index (χ1n) is 7.23. The topological polar surface area (TPSA) is 101 Å². The number of hydrogen-bond donors (Lipinski definition) is 2. The van der Waals surface area contributed by atoms with Crippen molar-refractivity contribution < 1.29 is 14.6 Å². The third kappa shape index (κ3) is 3.19. The number of nitrogens with one attached hydrogen (secondary N) is 1. The molecule has 0 saturated heterocycles. The Kier molecular flexibility index (Phi) is 4.15. The van der Waals surface area contributed by atoms with Gasteiger partial charge in [-0.05, 0) is 11.6 Å². The molecule has 0 saturated carbocycles. The van der Waals surface area contributed by atoms with Gasteiger partial charge in [-0.3, -0.25) is 14.3 Å². The average Bonchev–Trinajstić information content (AvgIpc) is 2.83. The molecule has 122 valence electrons. The van der Waals surface area contributed by atoms with E-state index in [1.165, 1.54) is 22.9 Å². The Morgan fingerprint density at radius 3 is 2.58 bits per heavy atom. The molecule has 2 N–H and O–H groups in total. The summed E-state index contributed by atoms with van der Waals surface area (Å²) in [7, 11) is 0. The van der Waals surface area contributed by atoms with Crippen LogP contribution in [-0.2, 0) is 22.5 Å². The summed E-state index contributed by atoms with van der Waals surface area (Å²) in [6, 6.07) is 10.5. The Balaban J connectivity index is 1.87. The number of cyclic esters (lactones) is 1. The van der Waals surface area contributed by atoms with E-state index in [-0.39, 0.29) is 12.3 Å². The number of aromatic amines is 1. The van der Waals surface area contributed by atoms with Gasteiger partial charge in [0, 0.05) is 30.8 Å². The van der Waals surface area contributed by atoms with Crippen molar-refractivity contribution in [2.75, 3.05) is 0 Å². The van der Waals surface area contributed by atoms with Gasteiger partial charge in [-0.2, -0.15) is 0 Å². The smallest absolute Gasteiger partial charge is 0.379 e. The van der Waals surface area contributed by atoms with E-state index in [2.05, 4.69) is 4.98 Å². The summed E-state index contributed by atoms with van der Waals surface area (Å²) in [5, 5.41) is 9.93. The molecule has 0 radical (unpaired) electrons. The van der Waals surface area contributed by atoms with Crippen molar-refractivity contribution in [2.24, 2.45) is 0 Å². The van der Waals surface area contributed by atoms with E-state index in [0.29, 0.717) is 12.0 Å². The van der Waals surface area contributed by atoms with E-state index >= 15 is 0 Å². The minimum atomic E-state index is -0.819. The van der Waals surface area contributed by atoms with Crippen LogP contribution < -0.4 is 11.2 Å². The molecule has 0 fully saturated rings. The quantitative estimate of drug-likeness (QED) is 0.817. The Labute approximate surface area is 136 Å². The minimum absolute atomic E-state index is 0.0871. The molecule has 1 aromatic carbocycles. The first kappa shape index (κ1) is 15.5. The Hall–Kier alpha value is -3.35. The van der Waals surface area contributed by atoms with Crippen LogP contribution in [0.5, 0.6) is 0 Å². The predicted molar refractivity (Wildman–Crippen MR) is 85.3 cm³/mol. The largest absolute Gasteiger partial charge is 0.502 e. The zero-order valence-electron chi connectivity index (χ0n) is 12.6. The minimum Gasteiger partial charge on any atom is -0.502 e. The van der Waals surface area contributed by atoms with E-state index in [1.54, 1.807) is 0 Å². The maximum absolute atomic E-state index is 11.7. The third-order valence-corrected chi connectivity index (χ3v) is 3.57. The zero-order valence-corrected chi connectivity index (χ0v) is 12.6. The van der Waals surface area contributed by atoms with Crippen molar-refractivity contribution in [3.05, 3.63) is 92.2 Å². The molecule has 1 aliphatic heterocycles. The lowest BCUT2D eigenvalue weighted by atomic mass is 10.0. The molecular formula is C17H14N2O5. The molecule has 2 heterocycles. The molecule has 24 heavy (non-hydrogen) atoms. The number of H-pyrrole nitrogens is 1. The first-order chi connectivity index (χ1) is 11.5. The number of rotatable bonds is 4. The second-order valence-electron chi connectivity index (χ2n) is 5.21. The van der Waals surface area contributed by atoms with Crippen LogP contribution >= 0.6 is 0 Å². The summed E-state index contributed by atoms with van der Waals surface area (Å²) in [5.74, 6) is -1.04. The van der Waals surface area contributed by atoms with Crippen molar-refractivity contribution >= 4 is 5.97 Å². The summed E-state index contributed by atoms with van der Waals surface area (Å²) in [4.78, 5) is 36.5. The molecule has 0 spiro atoms. The van der Waals surface area contributed by atoms with Crippen LogP contribution in [0.15, 0.2) is 75.4 Å². The number of aliphatic hydroxyl groups is 1. The van der Waals surface area contributed by atoms with Crippen molar-refractivity contribution in [3.8, 4) is 0 Å². The molecule has 0 atom stereocenters. The summed E-state index contributed by atoms with van der Waals surface area (Å²) < 4.78 is 6.30. The number of aliphatic hydroxyl groups excluding tert-OH is 1. The lowest BCUT2D eigenvalue weighted by Crippen LogP contribution is -2.28. The van der Waals surface area contributed by atoms with Crippen molar-refractivity contribution in [1.82, 2.24) is 9.55 Å². The number of hydrogen-bond acceptors (Lipinski definition) is 5. The maximum atomic E-state index is 11.7. The number of aromatic nitrogens is 2. The van der Waals surface area contributed by atoms with Crippen LogP contribution in [0.3, 0.4) is 0 Å². The Morgan fingerprint density at radius 2 is 1.88 bits per heavy atom. The third-order valence-electron chi connectivity index (χ3n) is 3.57. The van der Waals surface area contributed by atoms with Crippen LogP contribution in [-0.4, -0.2) is 20.6 Å². The van der Waals surface area contributed by atoms with Gasteiger partial charge in [0.05, 0.1) is 0 Å². The molecule has 0 amide bonds. The first-order valence-corrected chi connectivity index (χ1v) is 7.23. The van der Waals surface area contributed by atoms with Crippen LogP contribution in [0.25, 0.3) is 0 Å². The van der Waals surface area contributed by atoms with Crippen molar-refractivity contribution in [2.45, 2.75) is 13.0 Å². The SMILES string of the molecule is O=C1O/C(=C\Cn2ccc(=O)[nH]c2=O)C(Cc2ccccc2)=C1O. The zero-order chi connectivity index (χ0) is 17.1. The highest BCUT2D eigenvalue weighted by molar-refractivity contribution is 5.92. The van der Waals surface area contributed by atoms with Gasteiger partial charge in [0.15, 0.2) is 0 Å². The van der Waals surface area contributed by atoms with Gasteiger partial charge in [0.2, 0.25) is 5.76 Å². The summed E-state index contributed by atoms with van der Waals surface area (Å²) in [6.45, 7) is 0.0871. The highest BCUT2D eigenvalue weighted by atomic mass is 16.6. The van der Waals surface area contributed by atoms with Crippen LogP contribution in [0, 0.1) is 0 Å². The van der Waals surface area contributed by atoms with Crippen LogP contribution in [0.1, 0.15) is 5.56 Å². The number of ether oxygens (including phenoxy) is 1. The van der Waals surface area contributed by atoms with Gasteiger partial charge in [0.25, 0.3) is 5.56 Å². The molecule has 2 aromatic rings. The molecule has 1 aliphatic rings. The summed E-state index contributed by atoms with van der Waals surface area (Å²) in [5.41, 5.74) is 0.216. The standard InChI is InChI=1S/C17H14N2O5/c20-14-7-9-19(17(23)18-14)8-6-13-12(15(21)16(22)24-13)10-11-4-2-1-3-5-11/h1-7,9,21H,8,10H2,(H,18,20,23)/b13-6-. The number of allylic oxidation sites excluding steroid dienone is 2. The molecule has 0 unspecified atom stereocenters. The second kappa shape index (κ2) is 6.41. The van der Waals surface area contributed by atoms with Gasteiger partial charge in [-0.15, -0.1) is 0 Å². The van der Waals surface area contributed by atoms with Gasteiger partial charge in [-0.25, -0.2) is 9.59 Å². The fraction of sp³-hybridized carbons (Fsp3) is 0.118. The molecule has 0 aliphatic carbocycles. The number of benzene rings is 1. The van der Waals surface area contributed by atoms with Gasteiger partial charge >= 0.3 is 11.7 Å². The molecule has 3 rings (SSSR count). The summed E-state index contributed by atoms with van der Waals surface area (Å²) in [6.07, 6.45) is 3.18. The predicted octanol–water partition coefficient (Wildman–Crippen LogP) is 1.03. The number of esters is 1. The average molecular weight is 326 g/mol. The number of carbonyl (C=O) groups excluding carboxylic acids is 1. The highest BCUT2D eigenvalue weighted by Gasteiger charge is 2.29. The van der Waals surface area contributed by atoms with E-state index in [0.717, 1.165) is 5.56 Å². The Bertz CT molecular complexity index is 951. The highest BCUT2D eigenvalue weighted by Crippen LogP contribution is 2.27. The second-order valence-corrected chi connectivity index (χ2v) is 5.21. The lowest BCUT2D eigenvalue weighted by molar-refractivity contribution is -0.135. The summed E-state index contributed by atoms with van der Waals surface area (Å²) >= 11 is 0. The van der Waals surface area contributed by atoms with E-state index in [1.807, 2.05) is 30.3 Å². The van der Waals surface area contributed by atoms with Crippen LogP contribution in [0.2, 0.25) is 0 Å². The monoisotopic (exact) mass is 326 g/mol. The maximum Gasteiger partial charge on any atom is 0.379 e. The van der Waals surface area contributed by atoms with E-state index in [4.69, 9.17) is 4.74 Å². The molecule has 7 heteroatoms. The van der Waals surface area contributed by atoms with Gasteiger partial charge in [0.1, 0.15) is 5.76 Å².